The van der Waals surface area contributed by atoms with Gasteiger partial charge in [-0.25, -0.2) is 0 Å². The van der Waals surface area contributed by atoms with E-state index < -0.39 is 10.1 Å². The molecule has 5 nitrogen and oxygen atoms in total. The van der Waals surface area contributed by atoms with Gasteiger partial charge in [-0.2, -0.15) is 8.42 Å². The van der Waals surface area contributed by atoms with E-state index in [1.165, 1.54) is 0 Å². The zero-order valence-electron chi connectivity index (χ0n) is 15.3. The summed E-state index contributed by atoms with van der Waals surface area (Å²) in [6.45, 7) is 6.74. The van der Waals surface area contributed by atoms with Crippen molar-refractivity contribution in [1.82, 2.24) is 4.90 Å². The molecule has 0 aromatic heterocycles. The minimum atomic E-state index is -3.78. The van der Waals surface area contributed by atoms with Gasteiger partial charge in [0.15, 0.2) is 0 Å². The molecule has 0 saturated carbocycles. The highest BCUT2D eigenvalue weighted by molar-refractivity contribution is 7.86. The third kappa shape index (κ3) is 4.32. The molecule has 1 unspecified atom stereocenters. The van der Waals surface area contributed by atoms with Crippen molar-refractivity contribution in [2.24, 2.45) is 0 Å². The van der Waals surface area contributed by atoms with Gasteiger partial charge in [0, 0.05) is 12.6 Å². The Bertz CT molecular complexity index is 819. The molecule has 0 spiro atoms. The minimum Gasteiger partial charge on any atom is -0.352 e. The smallest absolute Gasteiger partial charge is 0.297 e. The number of hydrogen-bond acceptors (Lipinski definition) is 5. The van der Waals surface area contributed by atoms with Crippen molar-refractivity contribution < 1.29 is 17.3 Å². The van der Waals surface area contributed by atoms with E-state index in [1.807, 2.05) is 37.3 Å². The van der Waals surface area contributed by atoms with Gasteiger partial charge < -0.3 is 4.74 Å². The van der Waals surface area contributed by atoms with Gasteiger partial charge in [0.2, 0.25) is 0 Å². The largest absolute Gasteiger partial charge is 0.352 e. The SMILES string of the molecule is Cc1ccc(S(=O)(=O)OCC2CN(C(C)C)[C@H](c3ccccc3)O2)cc1. The van der Waals surface area contributed by atoms with Crippen molar-refractivity contribution in [2.75, 3.05) is 13.2 Å². The Kier molecular flexibility index (Phi) is 5.77. The lowest BCUT2D eigenvalue weighted by Crippen LogP contribution is -2.32. The Morgan fingerprint density at radius 3 is 2.38 bits per heavy atom. The van der Waals surface area contributed by atoms with E-state index in [0.29, 0.717) is 6.54 Å². The van der Waals surface area contributed by atoms with Crippen LogP contribution >= 0.6 is 0 Å². The highest BCUT2D eigenvalue weighted by atomic mass is 32.2. The third-order valence-corrected chi connectivity index (χ3v) is 5.80. The van der Waals surface area contributed by atoms with Gasteiger partial charge in [-0.05, 0) is 38.5 Å². The first-order valence-electron chi connectivity index (χ1n) is 8.79. The molecule has 0 bridgehead atoms. The topological polar surface area (TPSA) is 55.8 Å². The molecule has 26 heavy (non-hydrogen) atoms. The van der Waals surface area contributed by atoms with Gasteiger partial charge in [0.05, 0.1) is 17.6 Å². The maximum Gasteiger partial charge on any atom is 0.297 e. The first-order chi connectivity index (χ1) is 12.4. The van der Waals surface area contributed by atoms with Crippen molar-refractivity contribution in [2.45, 2.75) is 44.0 Å². The molecule has 2 atom stereocenters. The van der Waals surface area contributed by atoms with Crippen LogP contribution in [0.1, 0.15) is 31.2 Å². The maximum absolute atomic E-state index is 12.4. The maximum atomic E-state index is 12.4. The van der Waals surface area contributed by atoms with Gasteiger partial charge in [0.25, 0.3) is 10.1 Å². The molecule has 1 aliphatic rings. The van der Waals surface area contributed by atoms with Crippen molar-refractivity contribution in [3.8, 4) is 0 Å². The van der Waals surface area contributed by atoms with Crippen molar-refractivity contribution in [1.29, 1.82) is 0 Å². The van der Waals surface area contributed by atoms with Gasteiger partial charge >= 0.3 is 0 Å². The van der Waals surface area contributed by atoms with Crippen LogP contribution in [0, 0.1) is 6.92 Å². The molecule has 1 aliphatic heterocycles. The number of nitrogens with zero attached hydrogens (tertiary/aromatic N) is 1. The fourth-order valence-corrected chi connectivity index (χ4v) is 3.97. The summed E-state index contributed by atoms with van der Waals surface area (Å²) >= 11 is 0. The standard InChI is InChI=1S/C20H25NO4S/c1-15(2)21-13-18(25-20(21)17-7-5-4-6-8-17)14-24-26(22,23)19-11-9-16(3)10-12-19/h4-12,15,18,20H,13-14H2,1-3H3/t18?,20-/m0/s1. The molecular formula is C20H25NO4S. The van der Waals surface area contributed by atoms with Crippen LogP contribution < -0.4 is 0 Å². The zero-order chi connectivity index (χ0) is 18.7. The zero-order valence-corrected chi connectivity index (χ0v) is 16.1. The molecule has 0 amide bonds. The minimum absolute atomic E-state index is 0.00274. The third-order valence-electron chi connectivity index (χ3n) is 4.50. The molecular weight excluding hydrogens is 350 g/mol. The Labute approximate surface area is 155 Å². The van der Waals surface area contributed by atoms with Crippen molar-refractivity contribution in [3.05, 3.63) is 65.7 Å². The Morgan fingerprint density at radius 2 is 1.77 bits per heavy atom. The highest BCUT2D eigenvalue weighted by Crippen LogP contribution is 2.32. The summed E-state index contributed by atoms with van der Waals surface area (Å²) in [6, 6.07) is 16.9. The van der Waals surface area contributed by atoms with Gasteiger partial charge in [0.1, 0.15) is 6.23 Å². The molecule has 2 aromatic rings. The Hall–Kier alpha value is -1.73. The predicted molar refractivity (Wildman–Crippen MR) is 100 cm³/mol. The monoisotopic (exact) mass is 375 g/mol. The van der Waals surface area contributed by atoms with Gasteiger partial charge in [-0.15, -0.1) is 0 Å². The number of benzene rings is 2. The summed E-state index contributed by atoms with van der Waals surface area (Å²) in [5.74, 6) is 0. The van der Waals surface area contributed by atoms with Crippen molar-refractivity contribution >= 4 is 10.1 Å². The second-order valence-corrected chi connectivity index (χ2v) is 8.48. The second-order valence-electron chi connectivity index (χ2n) is 6.86. The lowest BCUT2D eigenvalue weighted by Gasteiger charge is -2.26. The molecule has 1 fully saturated rings. The molecule has 3 rings (SSSR count). The van der Waals surface area contributed by atoms with Crippen LogP contribution in [0.2, 0.25) is 0 Å². The normalized spacial score (nSPS) is 21.4. The number of rotatable bonds is 6. The van der Waals surface area contributed by atoms with E-state index in [0.717, 1.165) is 11.1 Å². The Balaban J connectivity index is 1.68. The van der Waals surface area contributed by atoms with Gasteiger partial charge in [-0.3, -0.25) is 9.08 Å². The van der Waals surface area contributed by atoms with Crippen LogP contribution in [0.4, 0.5) is 0 Å². The fourth-order valence-electron chi connectivity index (χ4n) is 3.03. The van der Waals surface area contributed by atoms with Crippen LogP contribution in [0.15, 0.2) is 59.5 Å². The summed E-state index contributed by atoms with van der Waals surface area (Å²) in [5, 5.41) is 0. The van der Waals surface area contributed by atoms with Crippen LogP contribution in [0.25, 0.3) is 0 Å². The molecule has 0 radical (unpaired) electrons. The molecule has 0 aliphatic carbocycles. The Morgan fingerprint density at radius 1 is 1.12 bits per heavy atom. The first kappa shape index (κ1) is 19.0. The van der Waals surface area contributed by atoms with Crippen LogP contribution in [-0.2, 0) is 19.0 Å². The molecule has 0 N–H and O–H groups in total. The highest BCUT2D eigenvalue weighted by Gasteiger charge is 2.36. The van der Waals surface area contributed by atoms with Crippen LogP contribution in [0.5, 0.6) is 0 Å². The van der Waals surface area contributed by atoms with E-state index in [9.17, 15) is 8.42 Å². The number of aryl methyl sites for hydroxylation is 1. The van der Waals surface area contributed by atoms with E-state index in [-0.39, 0.29) is 29.9 Å². The lowest BCUT2D eigenvalue weighted by atomic mass is 10.1. The quantitative estimate of drug-likeness (QED) is 0.723. The van der Waals surface area contributed by atoms with E-state index in [4.69, 9.17) is 8.92 Å². The second kappa shape index (κ2) is 7.88. The molecule has 1 saturated heterocycles. The van der Waals surface area contributed by atoms with Gasteiger partial charge in [-0.1, -0.05) is 48.0 Å². The molecule has 6 heteroatoms. The summed E-state index contributed by atoms with van der Waals surface area (Å²) in [7, 11) is -3.78. The van der Waals surface area contributed by atoms with E-state index >= 15 is 0 Å². The average molecular weight is 375 g/mol. The summed E-state index contributed by atoms with van der Waals surface area (Å²) in [5.41, 5.74) is 2.06. The van der Waals surface area contributed by atoms with Crippen LogP contribution in [-0.4, -0.2) is 38.6 Å². The molecule has 2 aromatic carbocycles. The molecule has 1 heterocycles. The summed E-state index contributed by atoms with van der Waals surface area (Å²) in [4.78, 5) is 2.38. The van der Waals surface area contributed by atoms with Crippen molar-refractivity contribution in [3.63, 3.8) is 0 Å². The first-order valence-corrected chi connectivity index (χ1v) is 10.2. The fraction of sp³-hybridized carbons (Fsp3) is 0.400. The summed E-state index contributed by atoms with van der Waals surface area (Å²) in [6.07, 6.45) is -0.491. The lowest BCUT2D eigenvalue weighted by molar-refractivity contribution is -0.0228. The van der Waals surface area contributed by atoms with E-state index in [1.54, 1.807) is 24.3 Å². The number of hydrogen-bond donors (Lipinski definition) is 0. The average Bonchev–Trinajstić information content (AvgIpc) is 3.06. The van der Waals surface area contributed by atoms with Crippen LogP contribution in [0.3, 0.4) is 0 Å². The van der Waals surface area contributed by atoms with E-state index in [2.05, 4.69) is 18.7 Å². The summed E-state index contributed by atoms with van der Waals surface area (Å²) < 4.78 is 36.1. The predicted octanol–water partition coefficient (Wildman–Crippen LogP) is 3.51. The number of ether oxygens (including phenoxy) is 1. The molecule has 140 valence electrons.